The van der Waals surface area contributed by atoms with E-state index in [0.29, 0.717) is 0 Å². The van der Waals surface area contributed by atoms with E-state index in [1.54, 1.807) is 0 Å². The lowest BCUT2D eigenvalue weighted by Gasteiger charge is -2.33. The van der Waals surface area contributed by atoms with Crippen molar-refractivity contribution < 1.29 is 54.6 Å². The highest BCUT2D eigenvalue weighted by Crippen LogP contribution is 2.41. The fourth-order valence-corrected chi connectivity index (χ4v) is 1.53. The van der Waals surface area contributed by atoms with E-state index in [1.807, 2.05) is 0 Å². The van der Waals surface area contributed by atoms with Crippen LogP contribution in [0.15, 0.2) is 12.2 Å². The van der Waals surface area contributed by atoms with Gasteiger partial charge in [0.15, 0.2) is 0 Å². The highest BCUT2D eigenvalue weighted by Gasteiger charge is 2.66. The summed E-state index contributed by atoms with van der Waals surface area (Å²) in [5.74, 6) is -14.2. The van der Waals surface area contributed by atoms with Crippen LogP contribution in [0.25, 0.3) is 0 Å². The minimum absolute atomic E-state index is 0.621. The van der Waals surface area contributed by atoms with Crippen LogP contribution in [0.2, 0.25) is 0 Å². The number of ether oxygens (including phenoxy) is 2. The molecule has 0 aromatic heterocycles. The monoisotopic (exact) mass is 443 g/mol. The van der Waals surface area contributed by atoms with Gasteiger partial charge in [-0.15, -0.1) is 0 Å². The van der Waals surface area contributed by atoms with Gasteiger partial charge in [0, 0.05) is 12.0 Å². The van der Waals surface area contributed by atoms with Crippen LogP contribution in [0.5, 0.6) is 0 Å². The first-order valence-electron chi connectivity index (χ1n) is 7.22. The summed E-state index contributed by atoms with van der Waals surface area (Å²) in [5.41, 5.74) is -0.621. The maximum atomic E-state index is 13.5. The first kappa shape index (κ1) is 26.2. The Morgan fingerprint density at radius 2 is 1.54 bits per heavy atom. The average molecular weight is 443 g/mol. The molecule has 0 aromatic rings. The molecule has 0 saturated carbocycles. The number of carbonyl (C=O) groups is 3. The van der Waals surface area contributed by atoms with Crippen molar-refractivity contribution in [1.82, 2.24) is 5.32 Å². The molecule has 1 amide bonds. The fraction of sp³-hybridized carbons (Fsp3) is 0.643. The lowest BCUT2D eigenvalue weighted by atomic mass is 10.2. The third-order valence-corrected chi connectivity index (χ3v) is 3.24. The van der Waals surface area contributed by atoms with Gasteiger partial charge in [-0.1, -0.05) is 19.2 Å². The number of hydrogen-bond acceptors (Lipinski definition) is 6. The van der Waals surface area contributed by atoms with Crippen LogP contribution in [0.1, 0.15) is 20.3 Å². The molecule has 1 unspecified atom stereocenters. The molecule has 162 valence electrons. The summed E-state index contributed by atoms with van der Waals surface area (Å²) in [4.78, 5) is 34.4. The summed E-state index contributed by atoms with van der Waals surface area (Å²) < 4.78 is 100. The van der Waals surface area contributed by atoms with E-state index in [9.17, 15) is 45.1 Å². The molecule has 0 aliphatic heterocycles. The highest BCUT2D eigenvalue weighted by atomic mass is 32.1. The van der Waals surface area contributed by atoms with Gasteiger partial charge in [-0.3, -0.25) is 9.59 Å². The molecule has 0 aliphatic rings. The molecule has 0 bridgehead atoms. The van der Waals surface area contributed by atoms with Gasteiger partial charge in [0.05, 0.1) is 13.2 Å². The van der Waals surface area contributed by atoms with Gasteiger partial charge >= 0.3 is 35.0 Å². The molecule has 0 saturated heterocycles. The molecule has 0 radical (unpaired) electrons. The van der Waals surface area contributed by atoms with Crippen molar-refractivity contribution in [3.8, 4) is 0 Å². The largest absolute Gasteiger partial charge is 0.466 e. The maximum Gasteiger partial charge on any atom is 0.466 e. The average Bonchev–Trinajstić information content (AvgIpc) is 2.48. The van der Waals surface area contributed by atoms with Crippen molar-refractivity contribution >= 4 is 30.3 Å². The number of Topliss-reactive ketones (excluding diaryl/α,β-unsaturated/α-hetero) is 1. The number of nitrogens with one attached hydrogen (secondary N) is 1. The highest BCUT2D eigenvalue weighted by molar-refractivity contribution is 7.81. The standard InChI is InChI=1S/C14H16F7NO5S/c1-7(2)9(24)27-12(13(17,18)19,10(25)22-6-8(3)23)26-5-4-11(15,16)14(20,21)28/h28H,1,4-6H2,2-3H3,(H,22,25). The van der Waals surface area contributed by atoms with Gasteiger partial charge in [0.25, 0.3) is 0 Å². The van der Waals surface area contributed by atoms with Gasteiger partial charge < -0.3 is 14.8 Å². The Bertz CT molecular complexity index is 633. The number of amides is 1. The van der Waals surface area contributed by atoms with E-state index in [-0.39, 0.29) is 0 Å². The van der Waals surface area contributed by atoms with Crippen molar-refractivity contribution in [2.45, 2.75) is 43.4 Å². The van der Waals surface area contributed by atoms with Gasteiger partial charge in [-0.25, -0.2) is 4.79 Å². The van der Waals surface area contributed by atoms with Gasteiger partial charge in [-0.2, -0.15) is 30.7 Å². The number of hydrogen-bond donors (Lipinski definition) is 2. The summed E-state index contributed by atoms with van der Waals surface area (Å²) in [6, 6.07) is 0. The smallest absolute Gasteiger partial charge is 0.412 e. The first-order chi connectivity index (χ1) is 12.4. The zero-order valence-electron chi connectivity index (χ0n) is 14.5. The number of rotatable bonds is 10. The van der Waals surface area contributed by atoms with Crippen LogP contribution in [0.4, 0.5) is 30.7 Å². The minimum Gasteiger partial charge on any atom is -0.412 e. The van der Waals surface area contributed by atoms with Gasteiger partial charge in [-0.05, 0) is 13.8 Å². The number of esters is 1. The van der Waals surface area contributed by atoms with E-state index < -0.39 is 65.9 Å². The number of halogens is 7. The third kappa shape index (κ3) is 6.65. The Kier molecular flexibility index (Phi) is 8.52. The number of alkyl halides is 7. The van der Waals surface area contributed by atoms with E-state index in [0.717, 1.165) is 13.8 Å². The molecule has 0 rings (SSSR count). The van der Waals surface area contributed by atoms with Crippen molar-refractivity contribution in [2.24, 2.45) is 0 Å². The molecule has 0 aliphatic carbocycles. The predicted octanol–water partition coefficient (Wildman–Crippen LogP) is 2.63. The molecule has 14 heteroatoms. The third-order valence-electron chi connectivity index (χ3n) is 2.92. The van der Waals surface area contributed by atoms with Crippen molar-refractivity contribution in [2.75, 3.05) is 13.2 Å². The van der Waals surface area contributed by atoms with Crippen LogP contribution >= 0.6 is 12.6 Å². The molecule has 1 N–H and O–H groups in total. The Morgan fingerprint density at radius 3 is 1.89 bits per heavy atom. The number of thiol groups is 1. The van der Waals surface area contributed by atoms with Gasteiger partial charge in [0.1, 0.15) is 5.78 Å². The molecule has 28 heavy (non-hydrogen) atoms. The summed E-state index contributed by atoms with van der Waals surface area (Å²) in [6.45, 7) is 2.06. The molecule has 6 nitrogen and oxygen atoms in total. The molecule has 0 spiro atoms. The topological polar surface area (TPSA) is 81.7 Å². The normalized spacial score (nSPS) is 14.8. The second-order valence-electron chi connectivity index (χ2n) is 5.51. The van der Waals surface area contributed by atoms with Crippen LogP contribution in [0, 0.1) is 0 Å². The molecule has 0 fully saturated rings. The first-order valence-corrected chi connectivity index (χ1v) is 7.67. The molecule has 0 heterocycles. The Labute approximate surface area is 159 Å². The minimum atomic E-state index is -5.84. The summed E-state index contributed by atoms with van der Waals surface area (Å²) in [5, 5.41) is -3.44. The van der Waals surface area contributed by atoms with Crippen LogP contribution in [-0.4, -0.2) is 54.0 Å². The molecular formula is C14H16F7NO5S. The number of carbonyl (C=O) groups excluding carboxylic acids is 3. The molecule has 0 aromatic carbocycles. The summed E-state index contributed by atoms with van der Waals surface area (Å²) >= 11 is 2.34. The van der Waals surface area contributed by atoms with E-state index in [1.165, 1.54) is 5.32 Å². The quantitative estimate of drug-likeness (QED) is 0.178. The zero-order valence-corrected chi connectivity index (χ0v) is 15.4. The SMILES string of the molecule is C=C(C)C(=O)OC(OCCC(F)(F)C(F)(F)S)(C(=O)NCC(C)=O)C(F)(F)F. The fourth-order valence-electron chi connectivity index (χ4n) is 1.42. The molecular weight excluding hydrogens is 427 g/mol. The lowest BCUT2D eigenvalue weighted by Crippen LogP contribution is -2.62. The second kappa shape index (κ2) is 9.11. The van der Waals surface area contributed by atoms with Crippen molar-refractivity contribution in [3.63, 3.8) is 0 Å². The van der Waals surface area contributed by atoms with Crippen LogP contribution in [0.3, 0.4) is 0 Å². The van der Waals surface area contributed by atoms with E-state index in [2.05, 4.69) is 28.7 Å². The maximum absolute atomic E-state index is 13.5. The second-order valence-corrected chi connectivity index (χ2v) is 6.07. The summed E-state index contributed by atoms with van der Waals surface area (Å²) in [7, 11) is 0. The van der Waals surface area contributed by atoms with Crippen LogP contribution < -0.4 is 5.32 Å². The Morgan fingerprint density at radius 1 is 1.04 bits per heavy atom. The van der Waals surface area contributed by atoms with Gasteiger partial charge in [0.2, 0.25) is 0 Å². The zero-order chi connectivity index (χ0) is 22.6. The Balaban J connectivity index is 5.84. The Hall–Kier alpha value is -1.83. The number of ketones is 1. The lowest BCUT2D eigenvalue weighted by molar-refractivity contribution is -0.349. The predicted molar refractivity (Wildman–Crippen MR) is 82.8 cm³/mol. The van der Waals surface area contributed by atoms with E-state index in [4.69, 9.17) is 0 Å². The van der Waals surface area contributed by atoms with Crippen molar-refractivity contribution in [1.29, 1.82) is 0 Å². The van der Waals surface area contributed by atoms with E-state index >= 15 is 0 Å². The summed E-state index contributed by atoms with van der Waals surface area (Å²) in [6.07, 6.45) is -7.84. The molecule has 1 atom stereocenters. The van der Waals surface area contributed by atoms with Crippen LogP contribution in [-0.2, 0) is 23.9 Å². The van der Waals surface area contributed by atoms with Crippen molar-refractivity contribution in [3.05, 3.63) is 12.2 Å².